The van der Waals surface area contributed by atoms with Gasteiger partial charge in [0.1, 0.15) is 6.04 Å². The molecule has 0 aliphatic heterocycles. The molecule has 0 aliphatic carbocycles. The van der Waals surface area contributed by atoms with Crippen LogP contribution in [-0.4, -0.2) is 37.1 Å². The average Bonchev–Trinajstić information content (AvgIpc) is 2.79. The predicted octanol–water partition coefficient (Wildman–Crippen LogP) is 0.924. The van der Waals surface area contributed by atoms with Crippen molar-refractivity contribution in [3.8, 4) is 0 Å². The van der Waals surface area contributed by atoms with Crippen LogP contribution < -0.4 is 5.32 Å². The number of aromatic nitrogens is 4. The van der Waals surface area contributed by atoms with Gasteiger partial charge in [-0.1, -0.05) is 0 Å². The Morgan fingerprint density at radius 1 is 1.42 bits per heavy atom. The van der Waals surface area contributed by atoms with Gasteiger partial charge in [0, 0.05) is 29.7 Å². The highest BCUT2D eigenvalue weighted by molar-refractivity contribution is 5.76. The molecule has 0 saturated heterocycles. The van der Waals surface area contributed by atoms with E-state index in [1.54, 1.807) is 6.20 Å². The third kappa shape index (κ3) is 3.51. The number of aryl methyl sites for hydroxylation is 2. The number of imidazole rings is 1. The molecular weight excluding hydrogens is 246 g/mol. The zero-order valence-corrected chi connectivity index (χ0v) is 10.7. The van der Waals surface area contributed by atoms with E-state index in [2.05, 4.69) is 25.3 Å². The molecule has 0 radical (unpaired) electrons. The lowest BCUT2D eigenvalue weighted by Gasteiger charge is -2.14. The summed E-state index contributed by atoms with van der Waals surface area (Å²) in [6.45, 7) is 3.68. The van der Waals surface area contributed by atoms with Gasteiger partial charge in [-0.3, -0.25) is 0 Å². The van der Waals surface area contributed by atoms with Crippen molar-refractivity contribution in [2.75, 3.05) is 5.32 Å². The third-order valence-electron chi connectivity index (χ3n) is 2.56. The van der Waals surface area contributed by atoms with Crippen LogP contribution in [0.15, 0.2) is 18.6 Å². The predicted molar refractivity (Wildman–Crippen MR) is 68.8 cm³/mol. The molecule has 0 bridgehead atoms. The third-order valence-corrected chi connectivity index (χ3v) is 2.56. The maximum Gasteiger partial charge on any atom is 0.326 e. The van der Waals surface area contributed by atoms with E-state index in [4.69, 9.17) is 0 Å². The first-order valence-corrected chi connectivity index (χ1v) is 5.83. The van der Waals surface area contributed by atoms with Gasteiger partial charge in [0.2, 0.25) is 5.95 Å². The zero-order chi connectivity index (χ0) is 13.8. The Labute approximate surface area is 110 Å². The van der Waals surface area contributed by atoms with Crippen molar-refractivity contribution in [2.45, 2.75) is 26.3 Å². The van der Waals surface area contributed by atoms with E-state index in [1.165, 1.54) is 6.33 Å². The van der Waals surface area contributed by atoms with Crippen molar-refractivity contribution >= 4 is 11.9 Å². The highest BCUT2D eigenvalue weighted by Crippen LogP contribution is 2.08. The number of nitrogens with zero attached hydrogens (tertiary/aromatic N) is 3. The summed E-state index contributed by atoms with van der Waals surface area (Å²) in [5.41, 5.74) is 2.32. The van der Waals surface area contributed by atoms with E-state index in [9.17, 15) is 9.90 Å². The molecule has 0 aliphatic rings. The molecule has 0 fully saturated rings. The standard InChI is InChI=1S/C12H15N5O2/c1-7-3-8(2)16-12(15-7)17-10(11(18)19)4-9-5-13-6-14-9/h3,5-6,10H,4H2,1-2H3,(H,13,14)(H,18,19)(H,15,16,17)/t10-/m0/s1. The first kappa shape index (κ1) is 13.0. The van der Waals surface area contributed by atoms with Crippen molar-refractivity contribution in [1.29, 1.82) is 0 Å². The SMILES string of the molecule is Cc1cc(C)nc(N[C@@H](Cc2cnc[nH]2)C(=O)O)n1. The Hall–Kier alpha value is -2.44. The number of carboxylic acids is 1. The molecule has 19 heavy (non-hydrogen) atoms. The van der Waals surface area contributed by atoms with Crippen molar-refractivity contribution < 1.29 is 9.90 Å². The van der Waals surface area contributed by atoms with Crippen LogP contribution in [0.3, 0.4) is 0 Å². The van der Waals surface area contributed by atoms with E-state index in [1.807, 2.05) is 19.9 Å². The Bertz CT molecular complexity index is 547. The van der Waals surface area contributed by atoms with Gasteiger partial charge in [-0.05, 0) is 19.9 Å². The second-order valence-corrected chi connectivity index (χ2v) is 4.29. The second kappa shape index (κ2) is 5.47. The van der Waals surface area contributed by atoms with Crippen LogP contribution in [0.4, 0.5) is 5.95 Å². The summed E-state index contributed by atoms with van der Waals surface area (Å²) in [4.78, 5) is 26.3. The first-order valence-electron chi connectivity index (χ1n) is 5.83. The van der Waals surface area contributed by atoms with E-state index in [0.29, 0.717) is 5.95 Å². The van der Waals surface area contributed by atoms with Crippen LogP contribution in [0.25, 0.3) is 0 Å². The summed E-state index contributed by atoms with van der Waals surface area (Å²) in [5.74, 6) is -0.637. The number of H-pyrrole nitrogens is 1. The largest absolute Gasteiger partial charge is 0.480 e. The minimum absolute atomic E-state index is 0.283. The number of carboxylic acid groups (broad SMARTS) is 1. The van der Waals surface area contributed by atoms with Crippen molar-refractivity contribution in [1.82, 2.24) is 19.9 Å². The summed E-state index contributed by atoms with van der Waals surface area (Å²) >= 11 is 0. The molecule has 1 atom stereocenters. The number of hydrogen-bond donors (Lipinski definition) is 3. The molecule has 100 valence electrons. The van der Waals surface area contributed by atoms with E-state index in [-0.39, 0.29) is 6.42 Å². The molecule has 2 heterocycles. The molecule has 7 nitrogen and oxygen atoms in total. The maximum atomic E-state index is 11.2. The van der Waals surface area contributed by atoms with Gasteiger partial charge in [-0.25, -0.2) is 19.7 Å². The molecule has 2 aromatic rings. The highest BCUT2D eigenvalue weighted by atomic mass is 16.4. The van der Waals surface area contributed by atoms with Gasteiger partial charge in [0.25, 0.3) is 0 Å². The Balaban J connectivity index is 2.14. The fourth-order valence-corrected chi connectivity index (χ4v) is 1.76. The fraction of sp³-hybridized carbons (Fsp3) is 0.333. The normalized spacial score (nSPS) is 12.1. The number of rotatable bonds is 5. The van der Waals surface area contributed by atoms with Gasteiger partial charge in [0.15, 0.2) is 0 Å². The number of aliphatic carboxylic acids is 1. The lowest BCUT2D eigenvalue weighted by atomic mass is 10.1. The van der Waals surface area contributed by atoms with Gasteiger partial charge in [-0.15, -0.1) is 0 Å². The maximum absolute atomic E-state index is 11.2. The second-order valence-electron chi connectivity index (χ2n) is 4.29. The first-order chi connectivity index (χ1) is 9.04. The lowest BCUT2D eigenvalue weighted by Crippen LogP contribution is -2.32. The Morgan fingerprint density at radius 3 is 2.63 bits per heavy atom. The molecule has 2 rings (SSSR count). The number of aromatic amines is 1. The van der Waals surface area contributed by atoms with Crippen LogP contribution in [0.2, 0.25) is 0 Å². The monoisotopic (exact) mass is 261 g/mol. The van der Waals surface area contributed by atoms with Crippen LogP contribution in [0, 0.1) is 13.8 Å². The molecule has 0 unspecified atom stereocenters. The van der Waals surface area contributed by atoms with E-state index >= 15 is 0 Å². The fourth-order valence-electron chi connectivity index (χ4n) is 1.76. The smallest absolute Gasteiger partial charge is 0.326 e. The van der Waals surface area contributed by atoms with Gasteiger partial charge in [0.05, 0.1) is 6.33 Å². The summed E-state index contributed by atoms with van der Waals surface area (Å²) in [5, 5.41) is 12.0. The Morgan fingerprint density at radius 2 is 2.11 bits per heavy atom. The summed E-state index contributed by atoms with van der Waals surface area (Å²) < 4.78 is 0. The molecule has 3 N–H and O–H groups in total. The number of anilines is 1. The van der Waals surface area contributed by atoms with E-state index < -0.39 is 12.0 Å². The topological polar surface area (TPSA) is 104 Å². The van der Waals surface area contributed by atoms with Crippen molar-refractivity contribution in [2.24, 2.45) is 0 Å². The van der Waals surface area contributed by atoms with Gasteiger partial charge >= 0.3 is 5.97 Å². The molecule has 0 aromatic carbocycles. The lowest BCUT2D eigenvalue weighted by molar-refractivity contribution is -0.137. The highest BCUT2D eigenvalue weighted by Gasteiger charge is 2.19. The quantitative estimate of drug-likeness (QED) is 0.739. The molecule has 7 heteroatoms. The molecule has 2 aromatic heterocycles. The molecular formula is C12H15N5O2. The van der Waals surface area contributed by atoms with E-state index in [0.717, 1.165) is 17.1 Å². The molecule has 0 spiro atoms. The number of carbonyl (C=O) groups is 1. The molecule has 0 saturated carbocycles. The minimum atomic E-state index is -0.961. The van der Waals surface area contributed by atoms with Gasteiger partial charge < -0.3 is 15.4 Å². The van der Waals surface area contributed by atoms with Gasteiger partial charge in [-0.2, -0.15) is 0 Å². The van der Waals surface area contributed by atoms with Crippen LogP contribution in [0.1, 0.15) is 17.1 Å². The number of nitrogens with one attached hydrogen (secondary N) is 2. The minimum Gasteiger partial charge on any atom is -0.480 e. The van der Waals surface area contributed by atoms with Crippen LogP contribution in [-0.2, 0) is 11.2 Å². The van der Waals surface area contributed by atoms with Crippen molar-refractivity contribution in [3.63, 3.8) is 0 Å². The van der Waals surface area contributed by atoms with Crippen molar-refractivity contribution in [3.05, 3.63) is 35.7 Å². The summed E-state index contributed by atoms with van der Waals surface area (Å²) in [6, 6.07) is 1.03. The summed E-state index contributed by atoms with van der Waals surface area (Å²) in [6.07, 6.45) is 3.40. The Kier molecular flexibility index (Phi) is 3.74. The average molecular weight is 261 g/mol. The zero-order valence-electron chi connectivity index (χ0n) is 10.7. The number of hydrogen-bond acceptors (Lipinski definition) is 5. The molecule has 0 amide bonds. The van der Waals surface area contributed by atoms with Crippen LogP contribution >= 0.6 is 0 Å². The van der Waals surface area contributed by atoms with Crippen LogP contribution in [0.5, 0.6) is 0 Å². The summed E-state index contributed by atoms with van der Waals surface area (Å²) in [7, 11) is 0.